The molecule has 5 rings (SSSR count). The summed E-state index contributed by atoms with van der Waals surface area (Å²) in [7, 11) is 1.60. The van der Waals surface area contributed by atoms with E-state index in [-0.39, 0.29) is 5.82 Å². The largest absolute Gasteiger partial charge is 0.371 e. The molecule has 0 aromatic carbocycles. The summed E-state index contributed by atoms with van der Waals surface area (Å²) in [4.78, 5) is 15.3. The van der Waals surface area contributed by atoms with Crippen molar-refractivity contribution in [3.8, 4) is 11.4 Å². The maximum Gasteiger partial charge on any atom is 0.183 e. The summed E-state index contributed by atoms with van der Waals surface area (Å²) in [5.74, 6) is 0.0534. The van der Waals surface area contributed by atoms with E-state index in [0.29, 0.717) is 16.5 Å². The monoisotopic (exact) mass is 448 g/mol. The Labute approximate surface area is 185 Å². The molecular weight excluding hydrogens is 423 g/mol. The van der Waals surface area contributed by atoms with Gasteiger partial charge < -0.3 is 10.3 Å². The maximum atomic E-state index is 13.4. The zero-order chi connectivity index (χ0) is 20.9. The summed E-state index contributed by atoms with van der Waals surface area (Å²) < 4.78 is 15.9. The van der Waals surface area contributed by atoms with Gasteiger partial charge in [0.25, 0.3) is 0 Å². The van der Waals surface area contributed by atoms with Gasteiger partial charge in [0.2, 0.25) is 0 Å². The summed E-state index contributed by atoms with van der Waals surface area (Å²) in [5.41, 5.74) is 1.40. The molecule has 0 atom stereocenters. The number of pyridine rings is 1. The van der Waals surface area contributed by atoms with Crippen LogP contribution in [0.25, 0.3) is 22.4 Å². The van der Waals surface area contributed by atoms with Gasteiger partial charge in [0.1, 0.15) is 5.65 Å². The van der Waals surface area contributed by atoms with Crippen LogP contribution in [0.15, 0.2) is 24.7 Å². The van der Waals surface area contributed by atoms with Crippen LogP contribution in [-0.4, -0.2) is 49.6 Å². The second kappa shape index (κ2) is 9.94. The zero-order valence-electron chi connectivity index (χ0n) is 17.0. The topological polar surface area (TPSA) is 69.7 Å². The first-order chi connectivity index (χ1) is 14.6. The Morgan fingerprint density at radius 1 is 1.17 bits per heavy atom. The number of anilines is 1. The molecule has 30 heavy (non-hydrogen) atoms. The van der Waals surface area contributed by atoms with Gasteiger partial charge in [-0.05, 0) is 31.7 Å². The van der Waals surface area contributed by atoms with Crippen LogP contribution in [0, 0.1) is 5.82 Å². The Morgan fingerprint density at radius 3 is 2.67 bits per heavy atom. The highest BCUT2D eigenvalue weighted by atomic mass is 35.5. The van der Waals surface area contributed by atoms with Crippen molar-refractivity contribution >= 4 is 40.4 Å². The Morgan fingerprint density at radius 2 is 1.93 bits per heavy atom. The molecule has 2 aliphatic rings. The summed E-state index contributed by atoms with van der Waals surface area (Å²) in [6, 6.07) is 1.77. The van der Waals surface area contributed by atoms with Crippen LogP contribution in [0.5, 0.6) is 0 Å². The fourth-order valence-electron chi connectivity index (χ4n) is 3.83. The Kier molecular flexibility index (Phi) is 7.07. The molecule has 1 aliphatic carbocycles. The third-order valence-corrected chi connectivity index (χ3v) is 7.02. The highest BCUT2D eigenvalue weighted by molar-refractivity contribution is 7.97. The van der Waals surface area contributed by atoms with Crippen molar-refractivity contribution < 1.29 is 4.39 Å². The minimum Gasteiger partial charge on any atom is -0.371 e. The van der Waals surface area contributed by atoms with Crippen molar-refractivity contribution in [2.45, 2.75) is 43.8 Å². The lowest BCUT2D eigenvalue weighted by Crippen LogP contribution is -2.14. The molecule has 2 fully saturated rings. The summed E-state index contributed by atoms with van der Waals surface area (Å²) >= 11 is 8.08. The molecule has 0 radical (unpaired) electrons. The van der Waals surface area contributed by atoms with E-state index in [4.69, 9.17) is 11.6 Å². The molecule has 1 saturated carbocycles. The Bertz CT molecular complexity index is 971. The number of hydrogen-bond donors (Lipinski definition) is 2. The number of fused-ring (bicyclic) bond motifs is 1. The highest BCUT2D eigenvalue weighted by Gasteiger charge is 2.21. The first-order valence-electron chi connectivity index (χ1n) is 10.4. The van der Waals surface area contributed by atoms with E-state index in [1.54, 1.807) is 25.5 Å². The van der Waals surface area contributed by atoms with Gasteiger partial charge in [-0.15, -0.1) is 0 Å². The van der Waals surface area contributed by atoms with E-state index in [0.717, 1.165) is 22.4 Å². The molecule has 6 nitrogen and oxygen atoms in total. The smallest absolute Gasteiger partial charge is 0.183 e. The fourth-order valence-corrected chi connectivity index (χ4v) is 5.43. The lowest BCUT2D eigenvalue weighted by molar-refractivity contribution is 0.579. The number of halogens is 2. The number of hydrogen-bond acceptors (Lipinski definition) is 6. The number of aromatic nitrogens is 4. The van der Waals surface area contributed by atoms with Crippen molar-refractivity contribution in [2.24, 2.45) is 0 Å². The van der Waals surface area contributed by atoms with E-state index in [1.807, 2.05) is 0 Å². The molecule has 0 spiro atoms. The molecule has 3 aromatic rings. The summed E-state index contributed by atoms with van der Waals surface area (Å²) in [6.45, 7) is 2.70. The minimum atomic E-state index is -0.498. The second-order valence-corrected chi connectivity index (χ2v) is 9.37. The quantitative estimate of drug-likeness (QED) is 0.511. The van der Waals surface area contributed by atoms with E-state index in [1.165, 1.54) is 51.6 Å². The van der Waals surface area contributed by atoms with Gasteiger partial charge in [-0.1, -0.05) is 36.4 Å². The molecule has 0 unspecified atom stereocenters. The van der Waals surface area contributed by atoms with Gasteiger partial charge in [0.15, 0.2) is 17.5 Å². The normalized spacial score (nSPS) is 17.3. The average molecular weight is 449 g/mol. The van der Waals surface area contributed by atoms with Crippen molar-refractivity contribution in [3.63, 3.8) is 0 Å². The van der Waals surface area contributed by atoms with E-state index in [2.05, 4.69) is 41.5 Å². The van der Waals surface area contributed by atoms with Crippen LogP contribution in [0.2, 0.25) is 5.02 Å². The van der Waals surface area contributed by atoms with Crippen LogP contribution in [0.3, 0.4) is 0 Å². The maximum absolute atomic E-state index is 13.4. The molecular formula is C21H26ClFN6S. The molecule has 4 heterocycles. The van der Waals surface area contributed by atoms with E-state index < -0.39 is 5.82 Å². The van der Waals surface area contributed by atoms with E-state index >= 15 is 0 Å². The lowest BCUT2D eigenvalue weighted by atomic mass is 10.2. The highest BCUT2D eigenvalue weighted by Crippen LogP contribution is 2.33. The third kappa shape index (κ3) is 5.04. The predicted octanol–water partition coefficient (Wildman–Crippen LogP) is 5.53. The number of nitrogens with one attached hydrogen (secondary N) is 2. The van der Waals surface area contributed by atoms with Crippen molar-refractivity contribution in [3.05, 3.63) is 35.5 Å². The summed E-state index contributed by atoms with van der Waals surface area (Å²) in [5, 5.41) is 4.97. The molecule has 0 bridgehead atoms. The number of aromatic amines is 1. The Balaban J connectivity index is 0.000000168. The van der Waals surface area contributed by atoms with Gasteiger partial charge in [-0.3, -0.25) is 4.31 Å². The van der Waals surface area contributed by atoms with Gasteiger partial charge in [0.05, 0.1) is 11.2 Å². The molecule has 1 saturated heterocycles. The number of nitrogens with zero attached hydrogens (tertiary/aromatic N) is 4. The van der Waals surface area contributed by atoms with Gasteiger partial charge in [-0.25, -0.2) is 19.3 Å². The SMILES string of the molecule is C1CCC(SN2CCCC2)C1.CNc1nc(-c2c[nH]c3ncc(Cl)cc23)ncc1F. The fraction of sp³-hybridized carbons (Fsp3) is 0.476. The van der Waals surface area contributed by atoms with Crippen molar-refractivity contribution in [1.82, 2.24) is 24.2 Å². The van der Waals surface area contributed by atoms with Gasteiger partial charge in [-0.2, -0.15) is 0 Å². The van der Waals surface area contributed by atoms with Gasteiger partial charge in [0, 0.05) is 48.7 Å². The van der Waals surface area contributed by atoms with Crippen LogP contribution >= 0.6 is 23.5 Å². The number of rotatable bonds is 4. The third-order valence-electron chi connectivity index (χ3n) is 5.38. The molecule has 3 aromatic heterocycles. The molecule has 1 aliphatic heterocycles. The zero-order valence-corrected chi connectivity index (χ0v) is 18.6. The lowest BCUT2D eigenvalue weighted by Gasteiger charge is -2.17. The molecule has 0 amide bonds. The van der Waals surface area contributed by atoms with Crippen LogP contribution in [0.4, 0.5) is 10.2 Å². The molecule has 9 heteroatoms. The second-order valence-electron chi connectivity index (χ2n) is 7.54. The minimum absolute atomic E-state index is 0.148. The van der Waals surface area contributed by atoms with Crippen LogP contribution < -0.4 is 5.32 Å². The van der Waals surface area contributed by atoms with E-state index in [9.17, 15) is 4.39 Å². The van der Waals surface area contributed by atoms with Crippen molar-refractivity contribution in [2.75, 3.05) is 25.5 Å². The average Bonchev–Trinajstić information content (AvgIpc) is 3.51. The summed E-state index contributed by atoms with van der Waals surface area (Å²) in [6.07, 6.45) is 13.2. The van der Waals surface area contributed by atoms with Crippen LogP contribution in [-0.2, 0) is 0 Å². The molecule has 2 N–H and O–H groups in total. The standard InChI is InChI=1S/C12H9ClFN5.C9H17NS/c1-15-12-9(14)5-18-11(19-12)8-4-17-10-7(8)2-6(13)3-16-10;1-2-6-9(5-1)11-10-7-3-4-8-10/h2-5H,1H3,(H,16,17)(H,15,18,19);9H,1-8H2. The van der Waals surface area contributed by atoms with Crippen molar-refractivity contribution in [1.29, 1.82) is 0 Å². The van der Waals surface area contributed by atoms with Gasteiger partial charge >= 0.3 is 0 Å². The number of H-pyrrole nitrogens is 1. The Hall–Kier alpha value is -1.90. The van der Waals surface area contributed by atoms with Crippen LogP contribution in [0.1, 0.15) is 38.5 Å². The molecule has 160 valence electrons. The predicted molar refractivity (Wildman–Crippen MR) is 122 cm³/mol. The first kappa shape index (κ1) is 21.3. The first-order valence-corrected chi connectivity index (χ1v) is 11.6.